The fraction of sp³-hybridized carbons (Fsp3) is 0.222. The van der Waals surface area contributed by atoms with Gasteiger partial charge < -0.3 is 5.73 Å². The Kier molecular flexibility index (Phi) is 2.98. The molecule has 0 atom stereocenters. The van der Waals surface area contributed by atoms with Crippen molar-refractivity contribution in [2.24, 2.45) is 5.73 Å². The molecule has 0 aliphatic heterocycles. The zero-order chi connectivity index (χ0) is 9.68. The van der Waals surface area contributed by atoms with Crippen LogP contribution in [-0.4, -0.2) is 5.91 Å². The Morgan fingerprint density at radius 3 is 2.62 bits per heavy atom. The molecule has 0 unspecified atom stereocenters. The molecule has 4 heteroatoms. The molecular weight excluding hydrogens is 166 g/mol. The van der Waals surface area contributed by atoms with Gasteiger partial charge in [-0.2, -0.15) is 5.26 Å². The number of aryl methyl sites for hydroxylation is 1. The summed E-state index contributed by atoms with van der Waals surface area (Å²) in [4.78, 5) is 10.5. The molecule has 0 aliphatic carbocycles. The van der Waals surface area contributed by atoms with Crippen LogP contribution in [0.4, 0.5) is 0 Å². The predicted octanol–water partition coefficient (Wildman–Crippen LogP) is -0.279. The molecule has 0 bridgehead atoms. The lowest BCUT2D eigenvalue weighted by Gasteiger charge is -1.93. The molecule has 0 aliphatic rings. The maximum atomic E-state index is 10.5. The Morgan fingerprint density at radius 2 is 2.15 bits per heavy atom. The van der Waals surface area contributed by atoms with E-state index >= 15 is 0 Å². The van der Waals surface area contributed by atoms with Gasteiger partial charge in [-0.3, -0.25) is 4.79 Å². The number of aromatic nitrogens is 1. The Morgan fingerprint density at radius 1 is 1.54 bits per heavy atom. The maximum Gasteiger partial charge on any atom is 0.223 e. The van der Waals surface area contributed by atoms with E-state index in [9.17, 15) is 4.79 Å². The van der Waals surface area contributed by atoms with Crippen LogP contribution in [0.1, 0.15) is 12.0 Å². The SMILES string of the molecule is N#Cc1cc[n+](CCC(N)=O)cc1. The summed E-state index contributed by atoms with van der Waals surface area (Å²) in [5.41, 5.74) is 5.60. The maximum absolute atomic E-state index is 10.5. The standard InChI is InChI=1S/C9H9N3O/c10-7-8-1-4-12(5-2-8)6-3-9(11)13/h1-2,4-5H,3,6H2,(H-,11,13)/p+1. The zero-order valence-electron chi connectivity index (χ0n) is 7.10. The van der Waals surface area contributed by atoms with Crippen LogP contribution in [0.5, 0.6) is 0 Å². The van der Waals surface area contributed by atoms with Crippen molar-refractivity contribution in [2.75, 3.05) is 0 Å². The molecule has 0 aromatic carbocycles. The average Bonchev–Trinajstić information content (AvgIpc) is 2.15. The molecule has 1 heterocycles. The van der Waals surface area contributed by atoms with Gasteiger partial charge in [0.25, 0.3) is 0 Å². The molecule has 0 fully saturated rings. The first-order valence-corrected chi connectivity index (χ1v) is 3.90. The third-order valence-corrected chi connectivity index (χ3v) is 1.64. The van der Waals surface area contributed by atoms with Crippen molar-refractivity contribution in [2.45, 2.75) is 13.0 Å². The van der Waals surface area contributed by atoms with Gasteiger partial charge in [0.05, 0.1) is 18.1 Å². The molecule has 1 aromatic rings. The van der Waals surface area contributed by atoms with Crippen molar-refractivity contribution in [1.29, 1.82) is 5.26 Å². The normalized spacial score (nSPS) is 9.15. The summed E-state index contributed by atoms with van der Waals surface area (Å²) in [6.45, 7) is 0.557. The third-order valence-electron chi connectivity index (χ3n) is 1.64. The highest BCUT2D eigenvalue weighted by Gasteiger charge is 2.02. The van der Waals surface area contributed by atoms with Crippen molar-refractivity contribution in [3.63, 3.8) is 0 Å². The average molecular weight is 176 g/mol. The molecule has 1 aromatic heterocycles. The van der Waals surface area contributed by atoms with E-state index in [0.29, 0.717) is 18.5 Å². The summed E-state index contributed by atoms with van der Waals surface area (Å²) in [7, 11) is 0. The van der Waals surface area contributed by atoms with Gasteiger partial charge in [0.15, 0.2) is 18.9 Å². The lowest BCUT2D eigenvalue weighted by Crippen LogP contribution is -2.34. The fourth-order valence-corrected chi connectivity index (χ4v) is 0.920. The van der Waals surface area contributed by atoms with Crippen molar-refractivity contribution < 1.29 is 9.36 Å². The molecule has 1 rings (SSSR count). The summed E-state index contributed by atoms with van der Waals surface area (Å²) >= 11 is 0. The van der Waals surface area contributed by atoms with Gasteiger partial charge in [-0.15, -0.1) is 0 Å². The van der Waals surface area contributed by atoms with Crippen LogP contribution in [0.2, 0.25) is 0 Å². The second kappa shape index (κ2) is 4.21. The molecule has 0 radical (unpaired) electrons. The minimum Gasteiger partial charge on any atom is -0.369 e. The van der Waals surface area contributed by atoms with Gasteiger partial charge in [0, 0.05) is 12.1 Å². The number of nitrogens with two attached hydrogens (primary N) is 1. The van der Waals surface area contributed by atoms with Crippen molar-refractivity contribution in [3.8, 4) is 6.07 Å². The van der Waals surface area contributed by atoms with Crippen LogP contribution in [0.15, 0.2) is 24.5 Å². The van der Waals surface area contributed by atoms with Crippen LogP contribution in [-0.2, 0) is 11.3 Å². The van der Waals surface area contributed by atoms with Gasteiger partial charge in [0.1, 0.15) is 0 Å². The largest absolute Gasteiger partial charge is 0.369 e. The minimum absolute atomic E-state index is 0.316. The molecule has 4 nitrogen and oxygen atoms in total. The first-order valence-electron chi connectivity index (χ1n) is 3.90. The van der Waals surface area contributed by atoms with E-state index in [4.69, 9.17) is 11.0 Å². The monoisotopic (exact) mass is 176 g/mol. The number of rotatable bonds is 3. The number of amides is 1. The molecule has 2 N–H and O–H groups in total. The zero-order valence-corrected chi connectivity index (χ0v) is 7.10. The lowest BCUT2D eigenvalue weighted by molar-refractivity contribution is -0.695. The molecule has 66 valence electrons. The van der Waals surface area contributed by atoms with Crippen LogP contribution < -0.4 is 10.3 Å². The number of primary amides is 1. The predicted molar refractivity (Wildman–Crippen MR) is 45.2 cm³/mol. The van der Waals surface area contributed by atoms with Crippen LogP contribution in [0.3, 0.4) is 0 Å². The molecule has 13 heavy (non-hydrogen) atoms. The molecule has 0 saturated heterocycles. The smallest absolute Gasteiger partial charge is 0.223 e. The highest BCUT2D eigenvalue weighted by molar-refractivity contribution is 5.73. The minimum atomic E-state index is -0.322. The lowest BCUT2D eigenvalue weighted by atomic mass is 10.3. The summed E-state index contributed by atoms with van der Waals surface area (Å²) in [6, 6.07) is 5.40. The molecule has 0 saturated carbocycles. The van der Waals surface area contributed by atoms with Crippen molar-refractivity contribution >= 4 is 5.91 Å². The first-order chi connectivity index (χ1) is 6.22. The van der Waals surface area contributed by atoms with Gasteiger partial charge >= 0.3 is 0 Å². The van der Waals surface area contributed by atoms with E-state index in [1.165, 1.54) is 0 Å². The molecular formula is C9H10N3O+. The topological polar surface area (TPSA) is 70.8 Å². The van der Waals surface area contributed by atoms with Gasteiger partial charge in [0.2, 0.25) is 5.91 Å². The third kappa shape index (κ3) is 2.91. The van der Waals surface area contributed by atoms with E-state index in [1.54, 1.807) is 24.5 Å². The van der Waals surface area contributed by atoms with Crippen LogP contribution in [0.25, 0.3) is 0 Å². The van der Waals surface area contributed by atoms with E-state index in [0.717, 1.165) is 0 Å². The van der Waals surface area contributed by atoms with E-state index < -0.39 is 0 Å². The van der Waals surface area contributed by atoms with Gasteiger partial charge in [-0.05, 0) is 0 Å². The van der Waals surface area contributed by atoms with Gasteiger partial charge in [-0.1, -0.05) is 0 Å². The Bertz CT molecular complexity index is 337. The fourth-order valence-electron chi connectivity index (χ4n) is 0.920. The number of hydrogen-bond donors (Lipinski definition) is 1. The summed E-state index contributed by atoms with van der Waals surface area (Å²) in [6.07, 6.45) is 3.82. The first kappa shape index (κ1) is 9.20. The Labute approximate surface area is 76.2 Å². The Hall–Kier alpha value is -1.89. The summed E-state index contributed by atoms with van der Waals surface area (Å²) in [5.74, 6) is -0.322. The van der Waals surface area contributed by atoms with Crippen molar-refractivity contribution in [1.82, 2.24) is 0 Å². The molecule has 1 amide bonds. The number of carbonyl (C=O) groups is 1. The van der Waals surface area contributed by atoms with Crippen molar-refractivity contribution in [3.05, 3.63) is 30.1 Å². The second-order valence-electron chi connectivity index (χ2n) is 2.65. The van der Waals surface area contributed by atoms with Crippen LogP contribution >= 0.6 is 0 Å². The van der Waals surface area contributed by atoms with Crippen LogP contribution in [0, 0.1) is 11.3 Å². The number of carbonyl (C=O) groups excluding carboxylic acids is 1. The van der Waals surface area contributed by atoms with Gasteiger partial charge in [-0.25, -0.2) is 4.57 Å². The number of nitrogens with zero attached hydrogens (tertiary/aromatic N) is 2. The summed E-state index contributed by atoms with van der Waals surface area (Å²) < 4.78 is 1.81. The summed E-state index contributed by atoms with van der Waals surface area (Å²) in [5, 5.41) is 8.51. The number of pyridine rings is 1. The Balaban J connectivity index is 2.60. The number of hydrogen-bond acceptors (Lipinski definition) is 2. The van der Waals surface area contributed by atoms with E-state index in [2.05, 4.69) is 0 Å². The molecule has 0 spiro atoms. The quantitative estimate of drug-likeness (QED) is 0.643. The highest BCUT2D eigenvalue weighted by atomic mass is 16.1. The second-order valence-corrected chi connectivity index (χ2v) is 2.65. The number of nitriles is 1. The van der Waals surface area contributed by atoms with E-state index in [1.807, 2.05) is 10.6 Å². The highest BCUT2D eigenvalue weighted by Crippen LogP contribution is 1.90. The van der Waals surface area contributed by atoms with E-state index in [-0.39, 0.29) is 5.91 Å².